The molecular formula is C54H36N2S. The zero-order valence-electron chi connectivity index (χ0n) is 31.1. The first-order chi connectivity index (χ1) is 28.3. The van der Waals surface area contributed by atoms with Crippen molar-refractivity contribution in [3.63, 3.8) is 0 Å². The van der Waals surface area contributed by atoms with Gasteiger partial charge in [0.05, 0.1) is 27.1 Å². The van der Waals surface area contributed by atoms with Gasteiger partial charge in [0.25, 0.3) is 0 Å². The summed E-state index contributed by atoms with van der Waals surface area (Å²) in [6.45, 7) is 0. The number of benzene rings is 9. The topological polar surface area (TPSA) is 8.17 Å². The standard InChI is InChI=1S/C54H36N2S/c1-4-17-37(18-5-1)42-33-31-40(35-48(42)39-21-8-3-9-22-39)56-50-28-14-11-24-44(50)45-34-32-41(36-52(45)56)55(49-27-13-10-23-43(49)38-19-6-2-7-20-38)51-29-16-26-47-46-25-12-15-30-53(46)57-54(47)51/h1-36H. The predicted octanol–water partition coefficient (Wildman–Crippen LogP) is 15.6. The van der Waals surface area contributed by atoms with E-state index in [0.717, 1.165) is 28.3 Å². The smallest absolute Gasteiger partial charge is 0.0640 e. The van der Waals surface area contributed by atoms with E-state index in [-0.39, 0.29) is 0 Å². The van der Waals surface area contributed by atoms with E-state index in [1.165, 1.54) is 69.8 Å². The van der Waals surface area contributed by atoms with Crippen molar-refractivity contribution in [2.75, 3.05) is 4.90 Å². The molecule has 9 aromatic carbocycles. The van der Waals surface area contributed by atoms with Crippen LogP contribution in [0.4, 0.5) is 17.1 Å². The van der Waals surface area contributed by atoms with Gasteiger partial charge in [-0.2, -0.15) is 0 Å². The summed E-state index contributed by atoms with van der Waals surface area (Å²) in [5, 5.41) is 5.02. The van der Waals surface area contributed by atoms with Crippen LogP contribution < -0.4 is 4.90 Å². The Bertz CT molecular complexity index is 3230. The summed E-state index contributed by atoms with van der Waals surface area (Å²) in [5.74, 6) is 0. The molecule has 11 rings (SSSR count). The van der Waals surface area contributed by atoms with Crippen molar-refractivity contribution in [3.8, 4) is 39.1 Å². The fraction of sp³-hybridized carbons (Fsp3) is 0. The van der Waals surface area contributed by atoms with Gasteiger partial charge >= 0.3 is 0 Å². The van der Waals surface area contributed by atoms with Crippen LogP contribution >= 0.6 is 11.3 Å². The van der Waals surface area contributed by atoms with Gasteiger partial charge in [-0.05, 0) is 76.3 Å². The van der Waals surface area contributed by atoms with Gasteiger partial charge in [-0.25, -0.2) is 0 Å². The van der Waals surface area contributed by atoms with Crippen molar-refractivity contribution in [1.82, 2.24) is 4.57 Å². The number of para-hydroxylation sites is 2. The molecule has 2 aromatic heterocycles. The lowest BCUT2D eigenvalue weighted by Crippen LogP contribution is -2.11. The van der Waals surface area contributed by atoms with E-state index in [4.69, 9.17) is 0 Å². The lowest BCUT2D eigenvalue weighted by Gasteiger charge is -2.28. The number of hydrogen-bond acceptors (Lipinski definition) is 2. The van der Waals surface area contributed by atoms with Crippen molar-refractivity contribution in [3.05, 3.63) is 218 Å². The average molecular weight is 745 g/mol. The van der Waals surface area contributed by atoms with Crippen LogP contribution in [0.5, 0.6) is 0 Å². The number of thiophene rings is 1. The Balaban J connectivity index is 1.19. The molecule has 0 amide bonds. The molecule has 0 saturated carbocycles. The molecule has 11 aromatic rings. The minimum atomic E-state index is 1.10. The second kappa shape index (κ2) is 13.8. The molecule has 0 fully saturated rings. The van der Waals surface area contributed by atoms with Gasteiger partial charge in [-0.15, -0.1) is 11.3 Å². The van der Waals surface area contributed by atoms with Crippen molar-refractivity contribution in [2.45, 2.75) is 0 Å². The van der Waals surface area contributed by atoms with E-state index in [0.29, 0.717) is 0 Å². The monoisotopic (exact) mass is 744 g/mol. The van der Waals surface area contributed by atoms with Crippen LogP contribution in [-0.4, -0.2) is 4.57 Å². The molecule has 268 valence electrons. The largest absolute Gasteiger partial charge is 0.309 e. The molecule has 2 heterocycles. The molecule has 0 saturated heterocycles. The Morgan fingerprint density at radius 3 is 1.70 bits per heavy atom. The molecule has 57 heavy (non-hydrogen) atoms. The Kier molecular flexibility index (Phi) is 8.04. The maximum absolute atomic E-state index is 2.48. The van der Waals surface area contributed by atoms with Crippen molar-refractivity contribution in [1.29, 1.82) is 0 Å². The first kappa shape index (κ1) is 33.2. The highest BCUT2D eigenvalue weighted by atomic mass is 32.1. The first-order valence-electron chi connectivity index (χ1n) is 19.4. The van der Waals surface area contributed by atoms with Gasteiger partial charge in [0.15, 0.2) is 0 Å². The number of nitrogens with zero attached hydrogens (tertiary/aromatic N) is 2. The molecule has 0 spiro atoms. The molecule has 0 radical (unpaired) electrons. The summed E-state index contributed by atoms with van der Waals surface area (Å²) in [4.78, 5) is 2.48. The minimum absolute atomic E-state index is 1.10. The van der Waals surface area contributed by atoms with E-state index in [1.54, 1.807) is 0 Å². The van der Waals surface area contributed by atoms with Gasteiger partial charge in [0.2, 0.25) is 0 Å². The van der Waals surface area contributed by atoms with Crippen LogP contribution in [0.25, 0.3) is 81.0 Å². The highest BCUT2D eigenvalue weighted by Gasteiger charge is 2.23. The predicted molar refractivity (Wildman–Crippen MR) is 245 cm³/mol. The number of rotatable bonds is 7. The van der Waals surface area contributed by atoms with Crippen LogP contribution in [0, 0.1) is 0 Å². The second-order valence-corrected chi connectivity index (χ2v) is 15.5. The van der Waals surface area contributed by atoms with E-state index in [2.05, 4.69) is 228 Å². The molecule has 0 aliphatic carbocycles. The van der Waals surface area contributed by atoms with E-state index in [1.807, 2.05) is 11.3 Å². The number of fused-ring (bicyclic) bond motifs is 6. The lowest BCUT2D eigenvalue weighted by atomic mass is 9.94. The van der Waals surface area contributed by atoms with E-state index in [9.17, 15) is 0 Å². The van der Waals surface area contributed by atoms with Crippen LogP contribution in [0.3, 0.4) is 0 Å². The van der Waals surface area contributed by atoms with Crippen molar-refractivity contribution < 1.29 is 0 Å². The van der Waals surface area contributed by atoms with Gasteiger partial charge in [0.1, 0.15) is 0 Å². The average Bonchev–Trinajstić information content (AvgIpc) is 3.84. The summed E-state index contributed by atoms with van der Waals surface area (Å²) >= 11 is 1.87. The van der Waals surface area contributed by atoms with Crippen molar-refractivity contribution in [2.24, 2.45) is 0 Å². The zero-order valence-corrected chi connectivity index (χ0v) is 31.9. The van der Waals surface area contributed by atoms with Crippen LogP contribution in [0.1, 0.15) is 0 Å². The third-order valence-electron chi connectivity index (χ3n) is 11.2. The molecule has 0 bridgehead atoms. The molecule has 2 nitrogen and oxygen atoms in total. The number of hydrogen-bond donors (Lipinski definition) is 0. The maximum Gasteiger partial charge on any atom is 0.0640 e. The SMILES string of the molecule is c1ccc(-c2ccc(-n3c4ccccc4c4ccc(N(c5ccccc5-c5ccccc5)c5cccc6c5sc5ccccc56)cc43)cc2-c2ccccc2)cc1. The Morgan fingerprint density at radius 2 is 0.930 bits per heavy atom. The van der Waals surface area contributed by atoms with Gasteiger partial charge in [0, 0.05) is 43.2 Å². The van der Waals surface area contributed by atoms with Crippen LogP contribution in [-0.2, 0) is 0 Å². The Hall–Kier alpha value is -7.20. The summed E-state index contributed by atoms with van der Waals surface area (Å²) in [5.41, 5.74) is 14.0. The van der Waals surface area contributed by atoms with Crippen LogP contribution in [0.15, 0.2) is 218 Å². The zero-order chi connectivity index (χ0) is 37.7. The summed E-state index contributed by atoms with van der Waals surface area (Å²) < 4.78 is 5.02. The molecular weight excluding hydrogens is 709 g/mol. The Morgan fingerprint density at radius 1 is 0.351 bits per heavy atom. The molecule has 0 N–H and O–H groups in total. The normalized spacial score (nSPS) is 11.5. The second-order valence-electron chi connectivity index (χ2n) is 14.5. The fourth-order valence-corrected chi connectivity index (χ4v) is 9.83. The van der Waals surface area contributed by atoms with Crippen molar-refractivity contribution >= 4 is 70.4 Å². The molecule has 0 aliphatic rings. The first-order valence-corrected chi connectivity index (χ1v) is 20.3. The highest BCUT2D eigenvalue weighted by Crippen LogP contribution is 2.48. The number of aromatic nitrogens is 1. The summed E-state index contributed by atoms with van der Waals surface area (Å²) in [7, 11) is 0. The van der Waals surface area contributed by atoms with Gasteiger partial charge in [-0.1, -0.05) is 170 Å². The van der Waals surface area contributed by atoms with E-state index < -0.39 is 0 Å². The fourth-order valence-electron chi connectivity index (χ4n) is 8.62. The quantitative estimate of drug-likeness (QED) is 0.158. The molecule has 0 unspecified atom stereocenters. The van der Waals surface area contributed by atoms with Gasteiger partial charge in [-0.3, -0.25) is 0 Å². The minimum Gasteiger partial charge on any atom is -0.309 e. The Labute approximate surface area is 335 Å². The highest BCUT2D eigenvalue weighted by molar-refractivity contribution is 7.26. The molecule has 0 aliphatic heterocycles. The number of anilines is 3. The third-order valence-corrected chi connectivity index (χ3v) is 12.4. The van der Waals surface area contributed by atoms with E-state index >= 15 is 0 Å². The summed E-state index contributed by atoms with van der Waals surface area (Å²) in [6.07, 6.45) is 0. The molecule has 3 heteroatoms. The van der Waals surface area contributed by atoms with Gasteiger partial charge < -0.3 is 9.47 Å². The van der Waals surface area contributed by atoms with Crippen LogP contribution in [0.2, 0.25) is 0 Å². The maximum atomic E-state index is 2.48. The molecule has 0 atom stereocenters. The summed E-state index contributed by atoms with van der Waals surface area (Å²) in [6, 6.07) is 79.4. The lowest BCUT2D eigenvalue weighted by molar-refractivity contribution is 1.18. The third kappa shape index (κ3) is 5.63.